The molecular formula is C13H15F2N3O. The van der Waals surface area contributed by atoms with Crippen LogP contribution in [0.4, 0.5) is 8.78 Å². The number of benzene rings is 1. The summed E-state index contributed by atoms with van der Waals surface area (Å²) in [6, 6.07) is 3.11. The van der Waals surface area contributed by atoms with E-state index in [2.05, 4.69) is 10.1 Å². The Morgan fingerprint density at radius 1 is 1.21 bits per heavy atom. The molecule has 0 saturated heterocycles. The Kier molecular flexibility index (Phi) is 3.61. The van der Waals surface area contributed by atoms with Crippen LogP contribution in [0, 0.1) is 11.6 Å². The molecule has 0 aliphatic heterocycles. The summed E-state index contributed by atoms with van der Waals surface area (Å²) in [4.78, 5) is 4.10. The Hall–Kier alpha value is -1.82. The van der Waals surface area contributed by atoms with Gasteiger partial charge in [-0.15, -0.1) is 0 Å². The summed E-state index contributed by atoms with van der Waals surface area (Å²) in [5.74, 6) is -0.782. The van der Waals surface area contributed by atoms with Crippen molar-refractivity contribution < 1.29 is 13.3 Å². The molecule has 102 valence electrons. The number of hydrogen-bond acceptors (Lipinski definition) is 4. The van der Waals surface area contributed by atoms with E-state index >= 15 is 0 Å². The third-order valence-corrected chi connectivity index (χ3v) is 2.57. The summed E-state index contributed by atoms with van der Waals surface area (Å²) >= 11 is 0. The van der Waals surface area contributed by atoms with Crippen LogP contribution in [0.3, 0.4) is 0 Å². The van der Waals surface area contributed by atoms with Gasteiger partial charge in [-0.05, 0) is 32.4 Å². The van der Waals surface area contributed by atoms with Crippen LogP contribution in [0.25, 0.3) is 11.4 Å². The van der Waals surface area contributed by atoms with E-state index in [1.165, 1.54) is 0 Å². The molecule has 0 atom stereocenters. The molecule has 0 unspecified atom stereocenters. The highest BCUT2D eigenvalue weighted by atomic mass is 19.1. The van der Waals surface area contributed by atoms with Crippen LogP contribution in [-0.4, -0.2) is 15.7 Å². The number of nitrogens with two attached hydrogens (primary N) is 1. The summed E-state index contributed by atoms with van der Waals surface area (Å²) in [5, 5.41) is 3.71. The van der Waals surface area contributed by atoms with Gasteiger partial charge in [-0.1, -0.05) is 5.16 Å². The molecule has 0 aliphatic carbocycles. The van der Waals surface area contributed by atoms with Crippen molar-refractivity contribution in [1.29, 1.82) is 0 Å². The van der Waals surface area contributed by atoms with E-state index in [0.717, 1.165) is 18.2 Å². The average Bonchev–Trinajstić information content (AvgIpc) is 2.72. The molecule has 0 fully saturated rings. The second-order valence-corrected chi connectivity index (χ2v) is 5.16. The monoisotopic (exact) mass is 267 g/mol. The van der Waals surface area contributed by atoms with Gasteiger partial charge in [0.2, 0.25) is 11.7 Å². The molecule has 1 heterocycles. The van der Waals surface area contributed by atoms with Crippen molar-refractivity contribution in [2.75, 3.05) is 0 Å². The summed E-state index contributed by atoms with van der Waals surface area (Å²) in [5.41, 5.74) is 5.77. The smallest absolute Gasteiger partial charge is 0.227 e. The van der Waals surface area contributed by atoms with Gasteiger partial charge in [0.1, 0.15) is 11.6 Å². The molecule has 0 amide bonds. The summed E-state index contributed by atoms with van der Waals surface area (Å²) < 4.78 is 31.2. The van der Waals surface area contributed by atoms with Crippen LogP contribution >= 0.6 is 0 Å². The van der Waals surface area contributed by atoms with Crippen molar-refractivity contribution in [3.05, 3.63) is 35.7 Å². The molecule has 19 heavy (non-hydrogen) atoms. The number of nitrogens with zero attached hydrogens (tertiary/aromatic N) is 2. The highest BCUT2D eigenvalue weighted by Crippen LogP contribution is 2.19. The predicted octanol–water partition coefficient (Wildman–Crippen LogP) is 2.68. The van der Waals surface area contributed by atoms with Crippen LogP contribution in [0.2, 0.25) is 0 Å². The summed E-state index contributed by atoms with van der Waals surface area (Å²) in [6.45, 7) is 3.79. The largest absolute Gasteiger partial charge is 0.339 e. The number of rotatable bonds is 4. The molecule has 2 N–H and O–H groups in total. The van der Waals surface area contributed by atoms with Crippen LogP contribution in [0.15, 0.2) is 22.7 Å². The molecule has 2 rings (SSSR count). The maximum absolute atomic E-state index is 13.1. The fourth-order valence-corrected chi connectivity index (χ4v) is 1.59. The third-order valence-electron chi connectivity index (χ3n) is 2.57. The minimum absolute atomic E-state index is 0.170. The lowest BCUT2D eigenvalue weighted by Crippen LogP contribution is -2.32. The van der Waals surface area contributed by atoms with Crippen molar-refractivity contribution in [2.45, 2.75) is 32.2 Å². The molecule has 0 spiro atoms. The van der Waals surface area contributed by atoms with Gasteiger partial charge in [-0.2, -0.15) is 4.98 Å². The summed E-state index contributed by atoms with van der Waals surface area (Å²) in [6.07, 6.45) is 1.19. The first-order chi connectivity index (χ1) is 8.83. The van der Waals surface area contributed by atoms with Crippen molar-refractivity contribution in [2.24, 2.45) is 5.73 Å². The Morgan fingerprint density at radius 2 is 1.84 bits per heavy atom. The van der Waals surface area contributed by atoms with Gasteiger partial charge < -0.3 is 10.3 Å². The number of halogens is 2. The number of aromatic nitrogens is 2. The Balaban J connectivity index is 2.16. The van der Waals surface area contributed by atoms with E-state index in [0.29, 0.717) is 18.7 Å². The third kappa shape index (κ3) is 3.82. The molecule has 0 radical (unpaired) electrons. The lowest BCUT2D eigenvalue weighted by atomic mass is 10.0. The lowest BCUT2D eigenvalue weighted by Gasteiger charge is -2.16. The van der Waals surface area contributed by atoms with Gasteiger partial charge in [-0.25, -0.2) is 8.78 Å². The minimum atomic E-state index is -0.676. The van der Waals surface area contributed by atoms with Crippen LogP contribution in [-0.2, 0) is 6.42 Å². The average molecular weight is 267 g/mol. The SMILES string of the molecule is CC(C)(N)CCc1nc(-c2cc(F)cc(F)c2)no1. The second kappa shape index (κ2) is 5.05. The first-order valence-corrected chi connectivity index (χ1v) is 5.91. The number of aryl methyl sites for hydroxylation is 1. The topological polar surface area (TPSA) is 64.9 Å². The highest BCUT2D eigenvalue weighted by molar-refractivity contribution is 5.54. The van der Waals surface area contributed by atoms with Crippen LogP contribution < -0.4 is 5.73 Å². The van der Waals surface area contributed by atoms with E-state index in [1.54, 1.807) is 0 Å². The molecule has 0 bridgehead atoms. The molecule has 2 aromatic rings. The Morgan fingerprint density at radius 3 is 2.42 bits per heavy atom. The van der Waals surface area contributed by atoms with Crippen molar-refractivity contribution in [1.82, 2.24) is 10.1 Å². The maximum atomic E-state index is 13.1. The number of hydrogen-bond donors (Lipinski definition) is 1. The van der Waals surface area contributed by atoms with Gasteiger partial charge in [0.05, 0.1) is 0 Å². The van der Waals surface area contributed by atoms with Gasteiger partial charge in [-0.3, -0.25) is 0 Å². The van der Waals surface area contributed by atoms with Gasteiger partial charge in [0, 0.05) is 23.6 Å². The maximum Gasteiger partial charge on any atom is 0.227 e. The van der Waals surface area contributed by atoms with Crippen LogP contribution in [0.5, 0.6) is 0 Å². The Bertz CT molecular complexity index is 555. The van der Waals surface area contributed by atoms with Gasteiger partial charge in [0.25, 0.3) is 0 Å². The van der Waals surface area contributed by atoms with E-state index < -0.39 is 11.6 Å². The standard InChI is InChI=1S/C13H15F2N3O/c1-13(2,16)4-3-11-17-12(18-19-11)8-5-9(14)7-10(15)6-8/h5-7H,3-4,16H2,1-2H3. The van der Waals surface area contributed by atoms with Crippen LogP contribution in [0.1, 0.15) is 26.2 Å². The lowest BCUT2D eigenvalue weighted by molar-refractivity contribution is 0.358. The van der Waals surface area contributed by atoms with Crippen molar-refractivity contribution in [3.63, 3.8) is 0 Å². The quantitative estimate of drug-likeness (QED) is 0.925. The Labute approximate surface area is 109 Å². The molecule has 0 saturated carbocycles. The fourth-order valence-electron chi connectivity index (χ4n) is 1.59. The normalized spacial score (nSPS) is 11.8. The zero-order valence-electron chi connectivity index (χ0n) is 10.8. The first-order valence-electron chi connectivity index (χ1n) is 5.91. The first kappa shape index (κ1) is 13.6. The minimum Gasteiger partial charge on any atom is -0.339 e. The van der Waals surface area contributed by atoms with E-state index in [1.807, 2.05) is 13.8 Å². The van der Waals surface area contributed by atoms with Gasteiger partial charge in [0.15, 0.2) is 0 Å². The van der Waals surface area contributed by atoms with Crippen molar-refractivity contribution in [3.8, 4) is 11.4 Å². The molecule has 1 aromatic heterocycles. The van der Waals surface area contributed by atoms with Crippen molar-refractivity contribution >= 4 is 0 Å². The zero-order valence-corrected chi connectivity index (χ0v) is 10.8. The summed E-state index contributed by atoms with van der Waals surface area (Å²) in [7, 11) is 0. The zero-order chi connectivity index (χ0) is 14.0. The predicted molar refractivity (Wildman–Crippen MR) is 66.2 cm³/mol. The van der Waals surface area contributed by atoms with Gasteiger partial charge >= 0.3 is 0 Å². The molecule has 0 aliphatic rings. The highest BCUT2D eigenvalue weighted by Gasteiger charge is 2.15. The molecule has 4 nitrogen and oxygen atoms in total. The molecular weight excluding hydrogens is 252 g/mol. The molecule has 6 heteroatoms. The van der Waals surface area contributed by atoms with E-state index in [-0.39, 0.29) is 16.9 Å². The molecule has 1 aromatic carbocycles. The van der Waals surface area contributed by atoms with E-state index in [9.17, 15) is 8.78 Å². The van der Waals surface area contributed by atoms with E-state index in [4.69, 9.17) is 10.3 Å². The fraction of sp³-hybridized carbons (Fsp3) is 0.385. The second-order valence-electron chi connectivity index (χ2n) is 5.16.